The molecule has 6 heteroatoms. The summed E-state index contributed by atoms with van der Waals surface area (Å²) in [6, 6.07) is 4.42. The Hall–Kier alpha value is -2.24. The number of nitrogens with zero attached hydrogens (tertiary/aromatic N) is 1. The minimum atomic E-state index is -1.06. The maximum atomic E-state index is 12.4. The van der Waals surface area contributed by atoms with Crippen LogP contribution in [-0.4, -0.2) is 41.6 Å². The number of benzene rings is 1. The van der Waals surface area contributed by atoms with E-state index in [0.29, 0.717) is 17.0 Å². The van der Waals surface area contributed by atoms with Crippen LogP contribution in [0.4, 0.5) is 5.69 Å². The fraction of sp³-hybridized carbons (Fsp3) is 0.385. The summed E-state index contributed by atoms with van der Waals surface area (Å²) < 4.78 is 5.11. The molecule has 0 spiro atoms. The summed E-state index contributed by atoms with van der Waals surface area (Å²) in [5, 5.41) is 8.85. The molecule has 0 unspecified atom stereocenters. The predicted molar refractivity (Wildman–Crippen MR) is 71.2 cm³/mol. The van der Waals surface area contributed by atoms with Crippen LogP contribution >= 0.6 is 0 Å². The van der Waals surface area contributed by atoms with Crippen LogP contribution in [0.15, 0.2) is 18.2 Å². The van der Waals surface area contributed by atoms with Crippen LogP contribution in [0.5, 0.6) is 5.75 Å². The van der Waals surface area contributed by atoms with E-state index in [1.807, 2.05) is 0 Å². The number of carbonyl (C=O) groups excluding carboxylic acids is 1. The smallest absolute Gasteiger partial charge is 0.323 e. The molecule has 0 saturated carbocycles. The van der Waals surface area contributed by atoms with Gasteiger partial charge in [-0.2, -0.15) is 0 Å². The Morgan fingerprint density at radius 3 is 2.53 bits per heavy atom. The SMILES string of the molecule is COc1cc(N)ccc1C(=O)N(CC(=O)O)C(C)C. The van der Waals surface area contributed by atoms with Gasteiger partial charge in [0.25, 0.3) is 5.91 Å². The van der Waals surface area contributed by atoms with E-state index in [0.717, 1.165) is 0 Å². The van der Waals surface area contributed by atoms with Crippen LogP contribution in [0.2, 0.25) is 0 Å². The normalized spacial score (nSPS) is 10.3. The Balaban J connectivity index is 3.12. The monoisotopic (exact) mass is 266 g/mol. The van der Waals surface area contributed by atoms with Gasteiger partial charge in [-0.05, 0) is 26.0 Å². The topological polar surface area (TPSA) is 92.9 Å². The van der Waals surface area contributed by atoms with Crippen LogP contribution in [-0.2, 0) is 4.79 Å². The standard InChI is InChI=1S/C13H18N2O4/c1-8(2)15(7-12(16)17)13(18)10-5-4-9(14)6-11(10)19-3/h4-6,8H,7,14H2,1-3H3,(H,16,17). The van der Waals surface area contributed by atoms with E-state index in [1.54, 1.807) is 19.9 Å². The largest absolute Gasteiger partial charge is 0.496 e. The number of aliphatic carboxylic acids is 1. The maximum absolute atomic E-state index is 12.4. The van der Waals surface area contributed by atoms with Gasteiger partial charge in [0.1, 0.15) is 12.3 Å². The summed E-state index contributed by atoms with van der Waals surface area (Å²) in [5.74, 6) is -1.12. The molecule has 0 aliphatic carbocycles. The minimum absolute atomic E-state index is 0.231. The molecule has 3 N–H and O–H groups in total. The average molecular weight is 266 g/mol. The van der Waals surface area contributed by atoms with Gasteiger partial charge >= 0.3 is 5.97 Å². The molecule has 0 aliphatic rings. The van der Waals surface area contributed by atoms with Gasteiger partial charge in [0, 0.05) is 17.8 Å². The number of hydrogen-bond donors (Lipinski definition) is 2. The molecule has 6 nitrogen and oxygen atoms in total. The summed E-state index contributed by atoms with van der Waals surface area (Å²) >= 11 is 0. The van der Waals surface area contributed by atoms with E-state index >= 15 is 0 Å². The zero-order chi connectivity index (χ0) is 14.6. The van der Waals surface area contributed by atoms with E-state index in [4.69, 9.17) is 15.6 Å². The number of nitrogen functional groups attached to an aromatic ring is 1. The number of rotatable bonds is 5. The molecule has 0 heterocycles. The average Bonchev–Trinajstić information content (AvgIpc) is 2.34. The second-order valence-electron chi connectivity index (χ2n) is 4.38. The first-order valence-electron chi connectivity index (χ1n) is 5.83. The molecule has 0 atom stereocenters. The van der Waals surface area contributed by atoms with E-state index in [2.05, 4.69) is 0 Å². The van der Waals surface area contributed by atoms with Gasteiger partial charge in [-0.3, -0.25) is 9.59 Å². The summed E-state index contributed by atoms with van der Waals surface area (Å²) in [6.45, 7) is 3.15. The lowest BCUT2D eigenvalue weighted by Crippen LogP contribution is -2.40. The predicted octanol–water partition coefficient (Wildman–Crippen LogP) is 1.21. The number of nitrogens with two attached hydrogens (primary N) is 1. The fourth-order valence-corrected chi connectivity index (χ4v) is 1.67. The lowest BCUT2D eigenvalue weighted by molar-refractivity contribution is -0.138. The van der Waals surface area contributed by atoms with Crippen molar-refractivity contribution in [3.05, 3.63) is 23.8 Å². The number of carboxylic acids is 1. The van der Waals surface area contributed by atoms with Crippen LogP contribution in [0.1, 0.15) is 24.2 Å². The zero-order valence-corrected chi connectivity index (χ0v) is 11.2. The van der Waals surface area contributed by atoms with Crippen molar-refractivity contribution < 1.29 is 19.4 Å². The van der Waals surface area contributed by atoms with Gasteiger partial charge < -0.3 is 20.5 Å². The Labute approximate surface area is 111 Å². The van der Waals surface area contributed by atoms with E-state index < -0.39 is 11.9 Å². The molecule has 0 saturated heterocycles. The lowest BCUT2D eigenvalue weighted by Gasteiger charge is -2.25. The summed E-state index contributed by atoms with van der Waals surface area (Å²) in [5.41, 5.74) is 6.39. The summed E-state index contributed by atoms with van der Waals surface area (Å²) in [7, 11) is 1.43. The van der Waals surface area contributed by atoms with E-state index in [-0.39, 0.29) is 12.6 Å². The molecule has 19 heavy (non-hydrogen) atoms. The first-order valence-corrected chi connectivity index (χ1v) is 5.83. The number of ether oxygens (including phenoxy) is 1. The zero-order valence-electron chi connectivity index (χ0n) is 11.2. The van der Waals surface area contributed by atoms with E-state index in [9.17, 15) is 9.59 Å². The molecule has 1 amide bonds. The number of amides is 1. The van der Waals surface area contributed by atoms with Crippen LogP contribution in [0.25, 0.3) is 0 Å². The molecule has 1 rings (SSSR count). The Morgan fingerprint density at radius 1 is 1.42 bits per heavy atom. The highest BCUT2D eigenvalue weighted by Gasteiger charge is 2.23. The summed E-state index contributed by atoms with van der Waals surface area (Å²) in [4.78, 5) is 24.4. The van der Waals surface area contributed by atoms with E-state index in [1.165, 1.54) is 24.1 Å². The van der Waals surface area contributed by atoms with Crippen molar-refractivity contribution in [2.24, 2.45) is 0 Å². The highest BCUT2D eigenvalue weighted by Crippen LogP contribution is 2.23. The number of methoxy groups -OCH3 is 1. The van der Waals surface area contributed by atoms with Gasteiger partial charge in [0.05, 0.1) is 12.7 Å². The molecule has 0 fully saturated rings. The molecule has 1 aromatic rings. The van der Waals surface area contributed by atoms with Gasteiger partial charge in [-0.15, -0.1) is 0 Å². The van der Waals surface area contributed by atoms with Crippen LogP contribution < -0.4 is 10.5 Å². The number of hydrogen-bond acceptors (Lipinski definition) is 4. The van der Waals surface area contributed by atoms with Crippen molar-refractivity contribution in [3.63, 3.8) is 0 Å². The summed E-state index contributed by atoms with van der Waals surface area (Å²) in [6.07, 6.45) is 0. The molecule has 1 aromatic carbocycles. The molecule has 0 aliphatic heterocycles. The molecule has 0 bridgehead atoms. The first-order chi connectivity index (χ1) is 8.86. The first kappa shape index (κ1) is 14.8. The maximum Gasteiger partial charge on any atom is 0.323 e. The van der Waals surface area contributed by atoms with Gasteiger partial charge in [0.2, 0.25) is 0 Å². The van der Waals surface area contributed by atoms with Gasteiger partial charge in [-0.1, -0.05) is 0 Å². The highest BCUT2D eigenvalue weighted by molar-refractivity contribution is 5.98. The third kappa shape index (κ3) is 3.61. The molecular weight excluding hydrogens is 248 g/mol. The Bertz CT molecular complexity index is 486. The second-order valence-corrected chi connectivity index (χ2v) is 4.38. The number of carbonyl (C=O) groups is 2. The van der Waals surface area contributed by atoms with Crippen molar-refractivity contribution in [2.75, 3.05) is 19.4 Å². The molecule has 0 radical (unpaired) electrons. The third-order valence-corrected chi connectivity index (χ3v) is 2.65. The van der Waals surface area contributed by atoms with Crippen molar-refractivity contribution in [2.45, 2.75) is 19.9 Å². The Morgan fingerprint density at radius 2 is 2.05 bits per heavy atom. The van der Waals surface area contributed by atoms with Crippen molar-refractivity contribution in [1.29, 1.82) is 0 Å². The minimum Gasteiger partial charge on any atom is -0.496 e. The number of anilines is 1. The van der Waals surface area contributed by atoms with Gasteiger partial charge in [0.15, 0.2) is 0 Å². The second kappa shape index (κ2) is 6.08. The molecule has 0 aromatic heterocycles. The fourth-order valence-electron chi connectivity index (χ4n) is 1.67. The molecular formula is C13H18N2O4. The third-order valence-electron chi connectivity index (χ3n) is 2.65. The van der Waals surface area contributed by atoms with Crippen molar-refractivity contribution >= 4 is 17.6 Å². The van der Waals surface area contributed by atoms with Crippen LogP contribution in [0, 0.1) is 0 Å². The van der Waals surface area contributed by atoms with Crippen molar-refractivity contribution in [1.82, 2.24) is 4.90 Å². The van der Waals surface area contributed by atoms with Gasteiger partial charge in [-0.25, -0.2) is 0 Å². The Kier molecular flexibility index (Phi) is 4.74. The molecule has 104 valence electrons. The van der Waals surface area contributed by atoms with Crippen LogP contribution in [0.3, 0.4) is 0 Å². The highest BCUT2D eigenvalue weighted by atomic mass is 16.5. The quantitative estimate of drug-likeness (QED) is 0.781. The lowest BCUT2D eigenvalue weighted by atomic mass is 10.1. The number of carboxylic acid groups (broad SMARTS) is 1. The van der Waals surface area contributed by atoms with Crippen molar-refractivity contribution in [3.8, 4) is 5.75 Å².